The van der Waals surface area contributed by atoms with Gasteiger partial charge in [0.15, 0.2) is 0 Å². The molecule has 2 heterocycles. The average molecular weight is 428 g/mol. The summed E-state index contributed by atoms with van der Waals surface area (Å²) in [6.45, 7) is 3.86. The zero-order valence-corrected chi connectivity index (χ0v) is 17.5. The predicted octanol–water partition coefficient (Wildman–Crippen LogP) is 4.00. The van der Waals surface area contributed by atoms with Gasteiger partial charge in [-0.1, -0.05) is 18.2 Å². The van der Waals surface area contributed by atoms with Crippen molar-refractivity contribution in [1.82, 2.24) is 9.88 Å². The first-order valence-electron chi connectivity index (χ1n) is 9.94. The van der Waals surface area contributed by atoms with E-state index in [-0.39, 0.29) is 23.5 Å². The lowest BCUT2D eigenvalue weighted by Gasteiger charge is -2.15. The smallest absolute Gasteiger partial charge is 0.278 e. The number of carbonyl (C=O) groups is 2. The van der Waals surface area contributed by atoms with E-state index in [9.17, 15) is 19.7 Å². The Morgan fingerprint density at radius 1 is 1.00 bits per heavy atom. The molecular weight excluding hydrogens is 408 g/mol. The number of pyridine rings is 1. The van der Waals surface area contributed by atoms with Crippen LogP contribution in [0.3, 0.4) is 0 Å². The normalized spacial score (nSPS) is 13.6. The molecular formula is C24H20N4O4. The van der Waals surface area contributed by atoms with E-state index in [2.05, 4.69) is 10.3 Å². The van der Waals surface area contributed by atoms with Crippen LogP contribution in [0.4, 0.5) is 11.4 Å². The van der Waals surface area contributed by atoms with Crippen molar-refractivity contribution < 1.29 is 14.5 Å². The molecule has 1 aliphatic rings. The average Bonchev–Trinajstić information content (AvgIpc) is 3.01. The number of nitrogens with one attached hydrogen (secondary N) is 1. The summed E-state index contributed by atoms with van der Waals surface area (Å²) >= 11 is 0. The van der Waals surface area contributed by atoms with Gasteiger partial charge in [-0.05, 0) is 60.9 Å². The van der Waals surface area contributed by atoms with Crippen LogP contribution in [0.5, 0.6) is 0 Å². The van der Waals surface area contributed by atoms with Gasteiger partial charge in [0, 0.05) is 24.0 Å². The molecule has 160 valence electrons. The van der Waals surface area contributed by atoms with E-state index in [0.717, 1.165) is 16.0 Å². The summed E-state index contributed by atoms with van der Waals surface area (Å²) in [7, 11) is 0. The SMILES string of the molecule is Cc1ccc(C)c(NC2=C(c3ccc([N+](=O)[O-])cc3)C(=O)N(Cc3ccccn3)C2=O)c1. The first-order valence-corrected chi connectivity index (χ1v) is 9.94. The molecule has 2 amide bonds. The van der Waals surface area contributed by atoms with Crippen molar-refractivity contribution in [3.63, 3.8) is 0 Å². The van der Waals surface area contributed by atoms with Crippen molar-refractivity contribution >= 4 is 28.8 Å². The highest BCUT2D eigenvalue weighted by Gasteiger charge is 2.39. The standard InChI is InChI=1S/C24H20N4O4/c1-15-6-7-16(2)20(13-15)26-22-21(17-8-10-19(11-9-17)28(31)32)23(29)27(24(22)30)14-18-5-3-4-12-25-18/h3-13,26H,14H2,1-2H3. The Morgan fingerprint density at radius 3 is 2.41 bits per heavy atom. The van der Waals surface area contributed by atoms with Gasteiger partial charge in [-0.25, -0.2) is 0 Å². The van der Waals surface area contributed by atoms with Gasteiger partial charge in [-0.2, -0.15) is 0 Å². The van der Waals surface area contributed by atoms with Gasteiger partial charge in [0.25, 0.3) is 17.5 Å². The molecule has 8 nitrogen and oxygen atoms in total. The Balaban J connectivity index is 1.78. The van der Waals surface area contributed by atoms with E-state index in [0.29, 0.717) is 16.9 Å². The summed E-state index contributed by atoms with van der Waals surface area (Å²) in [5.41, 5.74) is 3.82. The van der Waals surface area contributed by atoms with E-state index in [1.54, 1.807) is 24.4 Å². The lowest BCUT2D eigenvalue weighted by molar-refractivity contribution is -0.384. The summed E-state index contributed by atoms with van der Waals surface area (Å²) in [4.78, 5) is 42.5. The quantitative estimate of drug-likeness (QED) is 0.361. The first-order chi connectivity index (χ1) is 15.3. The van der Waals surface area contributed by atoms with Gasteiger partial charge >= 0.3 is 0 Å². The maximum atomic E-state index is 13.3. The molecule has 0 saturated carbocycles. The van der Waals surface area contributed by atoms with Crippen molar-refractivity contribution in [3.05, 3.63) is 105 Å². The van der Waals surface area contributed by atoms with Crippen LogP contribution < -0.4 is 5.32 Å². The highest BCUT2D eigenvalue weighted by atomic mass is 16.6. The molecule has 0 aliphatic carbocycles. The largest absolute Gasteiger partial charge is 0.350 e. The van der Waals surface area contributed by atoms with Gasteiger partial charge in [-0.3, -0.25) is 29.6 Å². The van der Waals surface area contributed by atoms with Crippen LogP contribution in [-0.4, -0.2) is 26.6 Å². The fourth-order valence-electron chi connectivity index (χ4n) is 3.51. The number of hydrogen-bond donors (Lipinski definition) is 1. The summed E-state index contributed by atoms with van der Waals surface area (Å²) in [5, 5.41) is 14.2. The molecule has 0 unspecified atom stereocenters. The molecule has 2 aromatic carbocycles. The zero-order valence-electron chi connectivity index (χ0n) is 17.5. The predicted molar refractivity (Wildman–Crippen MR) is 119 cm³/mol. The number of non-ortho nitro benzene ring substituents is 1. The van der Waals surface area contributed by atoms with Crippen LogP contribution in [0.25, 0.3) is 5.57 Å². The maximum absolute atomic E-state index is 13.3. The van der Waals surface area contributed by atoms with E-state index in [4.69, 9.17) is 0 Å². The topological polar surface area (TPSA) is 105 Å². The van der Waals surface area contributed by atoms with Gasteiger partial charge < -0.3 is 5.32 Å². The fourth-order valence-corrected chi connectivity index (χ4v) is 3.51. The number of nitro benzene ring substituents is 1. The Morgan fingerprint density at radius 2 is 1.75 bits per heavy atom. The monoisotopic (exact) mass is 428 g/mol. The second kappa shape index (κ2) is 8.43. The summed E-state index contributed by atoms with van der Waals surface area (Å²) in [5.74, 6) is -0.961. The molecule has 1 N–H and O–H groups in total. The van der Waals surface area contributed by atoms with Crippen LogP contribution >= 0.6 is 0 Å². The van der Waals surface area contributed by atoms with E-state index >= 15 is 0 Å². The minimum absolute atomic E-state index is 0.0208. The highest BCUT2D eigenvalue weighted by Crippen LogP contribution is 2.33. The molecule has 0 spiro atoms. The third-order valence-electron chi connectivity index (χ3n) is 5.23. The van der Waals surface area contributed by atoms with Crippen molar-refractivity contribution in [2.24, 2.45) is 0 Å². The van der Waals surface area contributed by atoms with Crippen molar-refractivity contribution in [2.45, 2.75) is 20.4 Å². The van der Waals surface area contributed by atoms with Crippen molar-refractivity contribution in [2.75, 3.05) is 5.32 Å². The first kappa shape index (κ1) is 20.9. The number of hydrogen-bond acceptors (Lipinski definition) is 6. The number of anilines is 1. The molecule has 0 bridgehead atoms. The van der Waals surface area contributed by atoms with Gasteiger partial charge in [0.2, 0.25) is 0 Å². The van der Waals surface area contributed by atoms with Gasteiger partial charge in [0.05, 0.1) is 22.7 Å². The van der Waals surface area contributed by atoms with Crippen LogP contribution in [0.15, 0.2) is 72.6 Å². The summed E-state index contributed by atoms with van der Waals surface area (Å²) in [6.07, 6.45) is 1.60. The zero-order chi connectivity index (χ0) is 22.8. The number of benzene rings is 2. The fraction of sp³-hybridized carbons (Fsp3) is 0.125. The number of aromatic nitrogens is 1. The molecule has 0 radical (unpaired) electrons. The van der Waals surface area contributed by atoms with Gasteiger partial charge in [0.1, 0.15) is 5.70 Å². The molecule has 32 heavy (non-hydrogen) atoms. The van der Waals surface area contributed by atoms with Crippen molar-refractivity contribution in [3.8, 4) is 0 Å². The van der Waals surface area contributed by atoms with Crippen LogP contribution in [0.1, 0.15) is 22.4 Å². The van der Waals surface area contributed by atoms with Crippen LogP contribution in [0.2, 0.25) is 0 Å². The number of aryl methyl sites for hydroxylation is 2. The van der Waals surface area contributed by atoms with Crippen LogP contribution in [0, 0.1) is 24.0 Å². The Hall–Kier alpha value is -4.33. The Kier molecular flexibility index (Phi) is 5.51. The molecule has 0 atom stereocenters. The number of nitro groups is 1. The summed E-state index contributed by atoms with van der Waals surface area (Å²) < 4.78 is 0. The van der Waals surface area contributed by atoms with E-state index < -0.39 is 16.7 Å². The second-order valence-electron chi connectivity index (χ2n) is 7.51. The van der Waals surface area contributed by atoms with E-state index in [1.165, 1.54) is 24.3 Å². The molecule has 0 fully saturated rings. The van der Waals surface area contributed by atoms with Crippen molar-refractivity contribution in [1.29, 1.82) is 0 Å². The Labute approximate surface area is 184 Å². The number of amides is 2. The molecule has 4 rings (SSSR count). The third kappa shape index (κ3) is 3.98. The minimum atomic E-state index is -0.511. The highest BCUT2D eigenvalue weighted by molar-refractivity contribution is 6.36. The maximum Gasteiger partial charge on any atom is 0.278 e. The lowest BCUT2D eigenvalue weighted by atomic mass is 10.0. The third-order valence-corrected chi connectivity index (χ3v) is 5.23. The number of carbonyl (C=O) groups excluding carboxylic acids is 2. The molecule has 8 heteroatoms. The number of rotatable bonds is 6. The second-order valence-corrected chi connectivity index (χ2v) is 7.51. The number of nitrogens with zero attached hydrogens (tertiary/aromatic N) is 3. The molecule has 1 aromatic heterocycles. The molecule has 1 aliphatic heterocycles. The van der Waals surface area contributed by atoms with Gasteiger partial charge in [-0.15, -0.1) is 0 Å². The minimum Gasteiger partial charge on any atom is -0.350 e. The number of imide groups is 1. The van der Waals surface area contributed by atoms with Crippen LogP contribution in [-0.2, 0) is 16.1 Å². The lowest BCUT2D eigenvalue weighted by Crippen LogP contribution is -2.32. The Bertz CT molecular complexity index is 1250. The summed E-state index contributed by atoms with van der Waals surface area (Å²) in [6, 6.07) is 16.7. The molecule has 3 aromatic rings. The molecule has 0 saturated heterocycles. The van der Waals surface area contributed by atoms with E-state index in [1.807, 2.05) is 32.0 Å².